The van der Waals surface area contributed by atoms with E-state index in [0.29, 0.717) is 24.4 Å². The smallest absolute Gasteiger partial charge is 0.256 e. The van der Waals surface area contributed by atoms with Crippen molar-refractivity contribution in [1.29, 1.82) is 0 Å². The molecule has 134 valence electrons. The molecule has 1 aromatic carbocycles. The topological polar surface area (TPSA) is 54.7 Å². The van der Waals surface area contributed by atoms with Crippen LogP contribution in [0.25, 0.3) is 5.69 Å². The molecule has 3 rings (SSSR count). The van der Waals surface area contributed by atoms with Gasteiger partial charge in [0.1, 0.15) is 5.82 Å². The van der Waals surface area contributed by atoms with E-state index in [9.17, 15) is 14.3 Å². The molecule has 2 heterocycles. The van der Waals surface area contributed by atoms with Crippen LogP contribution in [0.4, 0.5) is 4.39 Å². The lowest BCUT2D eigenvalue weighted by Crippen LogP contribution is -2.52. The minimum Gasteiger partial charge on any atom is -0.394 e. The van der Waals surface area contributed by atoms with Gasteiger partial charge in [0, 0.05) is 23.6 Å². The number of halogens is 1. The van der Waals surface area contributed by atoms with Crippen molar-refractivity contribution < 1.29 is 19.0 Å². The van der Waals surface area contributed by atoms with Crippen LogP contribution in [-0.2, 0) is 4.74 Å². The highest BCUT2D eigenvalue weighted by atomic mass is 19.1. The van der Waals surface area contributed by atoms with Gasteiger partial charge in [-0.2, -0.15) is 0 Å². The Labute approximate surface area is 146 Å². The van der Waals surface area contributed by atoms with E-state index in [-0.39, 0.29) is 30.5 Å². The van der Waals surface area contributed by atoms with E-state index in [1.165, 1.54) is 12.1 Å². The maximum Gasteiger partial charge on any atom is 0.256 e. The number of morpholine rings is 1. The van der Waals surface area contributed by atoms with Crippen LogP contribution in [0, 0.1) is 19.7 Å². The number of aliphatic hydroxyl groups is 1. The summed E-state index contributed by atoms with van der Waals surface area (Å²) in [6, 6.07) is 8.09. The second-order valence-corrected chi connectivity index (χ2v) is 6.54. The number of aryl methyl sites for hydroxylation is 1. The van der Waals surface area contributed by atoms with Crippen LogP contribution < -0.4 is 0 Å². The molecular formula is C19H23FN2O3. The summed E-state index contributed by atoms with van der Waals surface area (Å²) in [5.74, 6) is -0.407. The second kappa shape index (κ2) is 6.98. The van der Waals surface area contributed by atoms with Gasteiger partial charge in [0.15, 0.2) is 0 Å². The maximum atomic E-state index is 13.6. The van der Waals surface area contributed by atoms with E-state index < -0.39 is 0 Å². The molecule has 1 amide bonds. The first-order valence-electron chi connectivity index (χ1n) is 8.40. The van der Waals surface area contributed by atoms with Crippen molar-refractivity contribution in [2.45, 2.75) is 32.9 Å². The van der Waals surface area contributed by atoms with Crippen molar-refractivity contribution in [3.63, 3.8) is 0 Å². The average molecular weight is 346 g/mol. The normalized spacial score (nSPS) is 20.8. The van der Waals surface area contributed by atoms with E-state index in [4.69, 9.17) is 4.74 Å². The molecular weight excluding hydrogens is 323 g/mol. The molecule has 1 aliphatic rings. The summed E-state index contributed by atoms with van der Waals surface area (Å²) >= 11 is 0. The van der Waals surface area contributed by atoms with Crippen LogP contribution in [0.1, 0.15) is 28.7 Å². The van der Waals surface area contributed by atoms with Gasteiger partial charge in [-0.3, -0.25) is 4.79 Å². The number of ether oxygens (including phenoxy) is 1. The van der Waals surface area contributed by atoms with E-state index in [2.05, 4.69) is 0 Å². The van der Waals surface area contributed by atoms with Gasteiger partial charge in [0.25, 0.3) is 5.91 Å². The molecule has 0 saturated carbocycles. The van der Waals surface area contributed by atoms with Crippen LogP contribution in [0.5, 0.6) is 0 Å². The van der Waals surface area contributed by atoms with Crippen LogP contribution >= 0.6 is 0 Å². The number of amides is 1. The molecule has 25 heavy (non-hydrogen) atoms. The number of hydrogen-bond acceptors (Lipinski definition) is 3. The largest absolute Gasteiger partial charge is 0.394 e. The molecule has 2 unspecified atom stereocenters. The van der Waals surface area contributed by atoms with Gasteiger partial charge in [-0.1, -0.05) is 6.07 Å². The fraction of sp³-hybridized carbons (Fsp3) is 0.421. The SMILES string of the molecule is Cc1cc(C(=O)N2CC(CO)OCC2C)c(C)n1-c1cccc(F)c1. The number of nitrogens with zero attached hydrogens (tertiary/aromatic N) is 2. The van der Waals surface area contributed by atoms with E-state index >= 15 is 0 Å². The fourth-order valence-corrected chi connectivity index (χ4v) is 3.36. The summed E-state index contributed by atoms with van der Waals surface area (Å²) in [6.45, 7) is 6.34. The molecule has 1 N–H and O–H groups in total. The summed E-state index contributed by atoms with van der Waals surface area (Å²) in [5, 5.41) is 9.32. The predicted octanol–water partition coefficient (Wildman–Crippen LogP) is 2.46. The molecule has 0 bridgehead atoms. The fourth-order valence-electron chi connectivity index (χ4n) is 3.36. The molecule has 2 aromatic rings. The van der Waals surface area contributed by atoms with Gasteiger partial charge in [0.2, 0.25) is 0 Å². The molecule has 1 aromatic heterocycles. The number of hydrogen-bond donors (Lipinski definition) is 1. The number of aromatic nitrogens is 1. The standard InChI is InChI=1S/C19H23FN2O3/c1-12-7-18(14(3)22(12)16-6-4-5-15(20)8-16)19(24)21-9-17(10-23)25-11-13(21)2/h4-8,13,17,23H,9-11H2,1-3H3. The van der Waals surface area contributed by atoms with Crippen LogP contribution in [0.2, 0.25) is 0 Å². The Kier molecular flexibility index (Phi) is 4.92. The van der Waals surface area contributed by atoms with Gasteiger partial charge >= 0.3 is 0 Å². The lowest BCUT2D eigenvalue weighted by Gasteiger charge is -2.37. The highest BCUT2D eigenvalue weighted by molar-refractivity contribution is 5.96. The first kappa shape index (κ1) is 17.6. The maximum absolute atomic E-state index is 13.6. The molecule has 1 aliphatic heterocycles. The van der Waals surface area contributed by atoms with Crippen molar-refractivity contribution in [1.82, 2.24) is 9.47 Å². The Morgan fingerprint density at radius 2 is 2.12 bits per heavy atom. The number of carbonyl (C=O) groups is 1. The van der Waals surface area contributed by atoms with E-state index in [1.807, 2.05) is 37.5 Å². The summed E-state index contributed by atoms with van der Waals surface area (Å²) in [4.78, 5) is 14.8. The summed E-state index contributed by atoms with van der Waals surface area (Å²) in [7, 11) is 0. The third-order valence-electron chi connectivity index (χ3n) is 4.70. The monoisotopic (exact) mass is 346 g/mol. The van der Waals surface area contributed by atoms with Crippen molar-refractivity contribution >= 4 is 5.91 Å². The zero-order chi connectivity index (χ0) is 18.1. The quantitative estimate of drug-likeness (QED) is 0.929. The third kappa shape index (κ3) is 3.32. The number of rotatable bonds is 3. The molecule has 5 nitrogen and oxygen atoms in total. The summed E-state index contributed by atoms with van der Waals surface area (Å²) in [5.41, 5.74) is 2.92. The molecule has 0 radical (unpaired) electrons. The van der Waals surface area contributed by atoms with Gasteiger partial charge < -0.3 is 19.3 Å². The number of benzene rings is 1. The zero-order valence-corrected chi connectivity index (χ0v) is 14.7. The minimum absolute atomic E-state index is 0.0625. The highest BCUT2D eigenvalue weighted by Crippen LogP contribution is 2.24. The van der Waals surface area contributed by atoms with Crippen molar-refractivity contribution in [3.05, 3.63) is 53.1 Å². The summed E-state index contributed by atoms with van der Waals surface area (Å²) in [6.07, 6.45) is -0.355. The molecule has 0 aliphatic carbocycles. The van der Waals surface area contributed by atoms with Crippen molar-refractivity contribution in [3.8, 4) is 5.69 Å². The Balaban J connectivity index is 1.95. The first-order valence-corrected chi connectivity index (χ1v) is 8.40. The molecule has 1 saturated heterocycles. The number of carbonyl (C=O) groups excluding carboxylic acids is 1. The molecule has 1 fully saturated rings. The van der Waals surface area contributed by atoms with Crippen molar-refractivity contribution in [2.24, 2.45) is 0 Å². The zero-order valence-electron chi connectivity index (χ0n) is 14.7. The Bertz CT molecular complexity index is 787. The lowest BCUT2D eigenvalue weighted by atomic mass is 10.1. The first-order chi connectivity index (χ1) is 11.9. The van der Waals surface area contributed by atoms with Gasteiger partial charge in [-0.15, -0.1) is 0 Å². The Hall–Kier alpha value is -2.18. The minimum atomic E-state index is -0.355. The van der Waals surface area contributed by atoms with Gasteiger partial charge in [0.05, 0.1) is 30.9 Å². The molecule has 2 atom stereocenters. The van der Waals surface area contributed by atoms with Gasteiger partial charge in [-0.25, -0.2) is 4.39 Å². The highest BCUT2D eigenvalue weighted by Gasteiger charge is 2.31. The lowest BCUT2D eigenvalue weighted by molar-refractivity contribution is -0.0667. The van der Waals surface area contributed by atoms with E-state index in [0.717, 1.165) is 11.4 Å². The third-order valence-corrected chi connectivity index (χ3v) is 4.70. The van der Waals surface area contributed by atoms with Gasteiger partial charge in [-0.05, 0) is 45.0 Å². The molecule has 0 spiro atoms. The van der Waals surface area contributed by atoms with Crippen molar-refractivity contribution in [2.75, 3.05) is 19.8 Å². The second-order valence-electron chi connectivity index (χ2n) is 6.54. The predicted molar refractivity (Wildman–Crippen MR) is 92.5 cm³/mol. The Morgan fingerprint density at radius 1 is 1.36 bits per heavy atom. The summed E-state index contributed by atoms with van der Waals surface area (Å²) < 4.78 is 21.0. The van der Waals surface area contributed by atoms with Crippen LogP contribution in [0.15, 0.2) is 30.3 Å². The van der Waals surface area contributed by atoms with Crippen LogP contribution in [-0.4, -0.2) is 52.4 Å². The average Bonchev–Trinajstić information content (AvgIpc) is 2.89. The number of aliphatic hydroxyl groups excluding tert-OH is 1. The van der Waals surface area contributed by atoms with E-state index in [1.54, 1.807) is 11.0 Å². The van der Waals surface area contributed by atoms with Crippen LogP contribution in [0.3, 0.4) is 0 Å². The Morgan fingerprint density at radius 3 is 2.80 bits per heavy atom. The molecule has 6 heteroatoms.